The van der Waals surface area contributed by atoms with Crippen molar-refractivity contribution in [2.75, 3.05) is 31.6 Å². The number of rotatable bonds is 4. The minimum atomic E-state index is -0.696. The molecule has 1 aromatic carbocycles. The summed E-state index contributed by atoms with van der Waals surface area (Å²) in [6.45, 7) is 5.76. The minimum absolute atomic E-state index is 0. The van der Waals surface area contributed by atoms with Crippen LogP contribution in [0.3, 0.4) is 0 Å². The molecule has 7 heteroatoms. The number of carbonyl (C=O) groups excluding carboxylic acids is 1. The quantitative estimate of drug-likeness (QED) is 0.806. The van der Waals surface area contributed by atoms with E-state index in [1.165, 1.54) is 12.0 Å². The molecule has 0 radical (unpaired) electrons. The highest BCUT2D eigenvalue weighted by molar-refractivity contribution is 5.98. The Hall–Kier alpha value is -0.850. The fraction of sp³-hybridized carbons (Fsp3) is 0.632. The van der Waals surface area contributed by atoms with E-state index < -0.39 is 5.54 Å². The van der Waals surface area contributed by atoms with Crippen LogP contribution < -0.4 is 11.1 Å². The van der Waals surface area contributed by atoms with Crippen molar-refractivity contribution in [3.8, 4) is 0 Å². The largest absolute Gasteiger partial charge is 0.379 e. The van der Waals surface area contributed by atoms with Crippen molar-refractivity contribution >= 4 is 36.4 Å². The number of amides is 1. The van der Waals surface area contributed by atoms with Gasteiger partial charge in [0.05, 0.1) is 18.8 Å². The van der Waals surface area contributed by atoms with Crippen LogP contribution in [0.1, 0.15) is 50.6 Å². The van der Waals surface area contributed by atoms with Gasteiger partial charge in [-0.05, 0) is 37.5 Å². The Balaban J connectivity index is 0.00000169. The molecular weight excluding hydrogens is 373 g/mol. The Bertz CT molecular complexity index is 556. The van der Waals surface area contributed by atoms with Gasteiger partial charge in [0, 0.05) is 24.8 Å². The molecule has 1 amide bonds. The molecule has 1 saturated heterocycles. The van der Waals surface area contributed by atoms with Gasteiger partial charge in [-0.25, -0.2) is 0 Å². The number of benzene rings is 1. The molecular formula is C19H31Cl2N3O2. The highest BCUT2D eigenvalue weighted by Crippen LogP contribution is 2.28. The van der Waals surface area contributed by atoms with Gasteiger partial charge < -0.3 is 15.8 Å². The number of nitrogens with two attached hydrogens (primary N) is 1. The van der Waals surface area contributed by atoms with Crippen molar-refractivity contribution < 1.29 is 9.53 Å². The third-order valence-corrected chi connectivity index (χ3v) is 5.44. The van der Waals surface area contributed by atoms with E-state index in [9.17, 15) is 4.79 Å². The maximum Gasteiger partial charge on any atom is 0.244 e. The van der Waals surface area contributed by atoms with Gasteiger partial charge in [-0.1, -0.05) is 31.4 Å². The molecule has 0 spiro atoms. The fourth-order valence-electron chi connectivity index (χ4n) is 3.69. The summed E-state index contributed by atoms with van der Waals surface area (Å²) in [5.74, 6) is -0.0452. The second-order valence-electron chi connectivity index (χ2n) is 7.12. The Kier molecular flexibility index (Phi) is 9.34. The van der Waals surface area contributed by atoms with Gasteiger partial charge >= 0.3 is 0 Å². The average Bonchev–Trinajstić information content (AvgIpc) is 2.63. The summed E-state index contributed by atoms with van der Waals surface area (Å²) >= 11 is 0. The number of morpholine rings is 1. The lowest BCUT2D eigenvalue weighted by Crippen LogP contribution is -2.52. The molecule has 1 aromatic rings. The van der Waals surface area contributed by atoms with Crippen molar-refractivity contribution in [3.05, 3.63) is 29.8 Å². The molecule has 1 heterocycles. The van der Waals surface area contributed by atoms with Gasteiger partial charge in [-0.3, -0.25) is 9.69 Å². The number of nitrogens with one attached hydrogen (secondary N) is 1. The van der Waals surface area contributed by atoms with Crippen LogP contribution in [0.4, 0.5) is 5.69 Å². The third kappa shape index (κ3) is 5.57. The zero-order valence-electron chi connectivity index (χ0n) is 15.4. The lowest BCUT2D eigenvalue weighted by Gasteiger charge is -2.33. The monoisotopic (exact) mass is 403 g/mol. The molecule has 1 aliphatic carbocycles. The molecule has 0 aromatic heterocycles. The van der Waals surface area contributed by atoms with Crippen molar-refractivity contribution in [1.82, 2.24) is 4.90 Å². The second-order valence-corrected chi connectivity index (χ2v) is 7.12. The highest BCUT2D eigenvalue weighted by atomic mass is 35.5. The van der Waals surface area contributed by atoms with Crippen molar-refractivity contribution in [2.24, 2.45) is 5.73 Å². The van der Waals surface area contributed by atoms with E-state index in [1.807, 2.05) is 12.1 Å². The molecule has 1 saturated carbocycles. The van der Waals surface area contributed by atoms with Crippen molar-refractivity contribution in [3.63, 3.8) is 0 Å². The molecule has 2 aliphatic rings. The second kappa shape index (κ2) is 10.5. The van der Waals surface area contributed by atoms with Crippen LogP contribution in [0.5, 0.6) is 0 Å². The predicted molar refractivity (Wildman–Crippen MR) is 110 cm³/mol. The van der Waals surface area contributed by atoms with Crippen LogP contribution in [-0.4, -0.2) is 42.6 Å². The van der Waals surface area contributed by atoms with Gasteiger partial charge in [-0.15, -0.1) is 24.8 Å². The zero-order chi connectivity index (χ0) is 17.0. The molecule has 1 aliphatic heterocycles. The molecule has 1 atom stereocenters. The number of ether oxygens (including phenoxy) is 1. The Morgan fingerprint density at radius 1 is 1.12 bits per heavy atom. The van der Waals surface area contributed by atoms with Crippen LogP contribution in [0.2, 0.25) is 0 Å². The molecule has 3 N–H and O–H groups in total. The first kappa shape index (κ1) is 23.2. The van der Waals surface area contributed by atoms with Crippen LogP contribution in [-0.2, 0) is 9.53 Å². The van der Waals surface area contributed by atoms with E-state index in [1.54, 1.807) is 0 Å². The van der Waals surface area contributed by atoms with Gasteiger partial charge in [0.1, 0.15) is 0 Å². The average molecular weight is 404 g/mol. The zero-order valence-corrected chi connectivity index (χ0v) is 17.0. The molecule has 2 fully saturated rings. The smallest absolute Gasteiger partial charge is 0.244 e. The molecule has 148 valence electrons. The summed E-state index contributed by atoms with van der Waals surface area (Å²) in [4.78, 5) is 14.9. The SMILES string of the molecule is CC(c1ccc(NC(=O)C2(N)CCCCC2)cc1)N1CCOCC1.Cl.Cl. The van der Waals surface area contributed by atoms with E-state index in [4.69, 9.17) is 10.5 Å². The van der Waals surface area contributed by atoms with Crippen LogP contribution in [0.25, 0.3) is 0 Å². The molecule has 3 rings (SSSR count). The topological polar surface area (TPSA) is 67.6 Å². The number of hydrogen-bond donors (Lipinski definition) is 2. The van der Waals surface area contributed by atoms with Gasteiger partial charge in [0.15, 0.2) is 0 Å². The number of nitrogens with zero attached hydrogens (tertiary/aromatic N) is 1. The van der Waals surface area contributed by atoms with E-state index >= 15 is 0 Å². The first-order valence-corrected chi connectivity index (χ1v) is 9.11. The molecule has 5 nitrogen and oxygen atoms in total. The van der Waals surface area contributed by atoms with E-state index in [0.717, 1.165) is 57.7 Å². The highest BCUT2D eigenvalue weighted by Gasteiger charge is 2.35. The van der Waals surface area contributed by atoms with Crippen molar-refractivity contribution in [2.45, 2.75) is 50.6 Å². The van der Waals surface area contributed by atoms with Gasteiger partial charge in [0.25, 0.3) is 0 Å². The van der Waals surface area contributed by atoms with E-state index in [-0.39, 0.29) is 30.7 Å². The predicted octanol–water partition coefficient (Wildman–Crippen LogP) is 3.52. The first-order chi connectivity index (χ1) is 11.6. The lowest BCUT2D eigenvalue weighted by atomic mass is 9.82. The van der Waals surface area contributed by atoms with Crippen molar-refractivity contribution in [1.29, 1.82) is 0 Å². The summed E-state index contributed by atoms with van der Waals surface area (Å²) in [7, 11) is 0. The van der Waals surface area contributed by atoms with E-state index in [2.05, 4.69) is 29.3 Å². The maximum absolute atomic E-state index is 12.5. The Morgan fingerprint density at radius 2 is 1.69 bits per heavy atom. The number of anilines is 1. The summed E-state index contributed by atoms with van der Waals surface area (Å²) in [6, 6.07) is 8.52. The van der Waals surface area contributed by atoms with Gasteiger partial charge in [-0.2, -0.15) is 0 Å². The van der Waals surface area contributed by atoms with Crippen LogP contribution in [0.15, 0.2) is 24.3 Å². The standard InChI is InChI=1S/C19H29N3O2.2ClH/c1-15(22-11-13-24-14-12-22)16-5-7-17(8-6-16)21-18(23)19(20)9-3-2-4-10-19;;/h5-8,15H,2-4,9-14,20H2,1H3,(H,21,23);2*1H. The third-order valence-electron chi connectivity index (χ3n) is 5.44. The number of carbonyl (C=O) groups is 1. The van der Waals surface area contributed by atoms with Crippen LogP contribution >= 0.6 is 24.8 Å². The minimum Gasteiger partial charge on any atom is -0.379 e. The Labute approximate surface area is 168 Å². The van der Waals surface area contributed by atoms with Gasteiger partial charge in [0.2, 0.25) is 5.91 Å². The normalized spacial score (nSPS) is 21.0. The summed E-state index contributed by atoms with van der Waals surface area (Å²) in [6.07, 6.45) is 4.83. The summed E-state index contributed by atoms with van der Waals surface area (Å²) in [5.41, 5.74) is 7.69. The lowest BCUT2D eigenvalue weighted by molar-refractivity contribution is -0.122. The van der Waals surface area contributed by atoms with Crippen LogP contribution in [0, 0.1) is 0 Å². The number of halogens is 2. The summed E-state index contributed by atoms with van der Waals surface area (Å²) < 4.78 is 5.41. The summed E-state index contributed by atoms with van der Waals surface area (Å²) in [5, 5.41) is 3.00. The Morgan fingerprint density at radius 3 is 2.27 bits per heavy atom. The maximum atomic E-state index is 12.5. The fourth-order valence-corrected chi connectivity index (χ4v) is 3.69. The molecule has 0 bridgehead atoms. The number of hydrogen-bond acceptors (Lipinski definition) is 4. The molecule has 26 heavy (non-hydrogen) atoms. The molecule has 1 unspecified atom stereocenters. The first-order valence-electron chi connectivity index (χ1n) is 9.11. The van der Waals surface area contributed by atoms with E-state index in [0.29, 0.717) is 6.04 Å².